The number of aliphatic imine (C=N–C) groups is 2. The van der Waals surface area contributed by atoms with Gasteiger partial charge in [0.2, 0.25) is 0 Å². The highest BCUT2D eigenvalue weighted by Crippen LogP contribution is 2.43. The molecule has 4 aliphatic rings. The van der Waals surface area contributed by atoms with E-state index in [2.05, 4.69) is 36.3 Å². The minimum absolute atomic E-state index is 0.00327. The molecule has 2 saturated heterocycles. The van der Waals surface area contributed by atoms with E-state index in [9.17, 15) is 19.5 Å². The van der Waals surface area contributed by atoms with E-state index in [0.29, 0.717) is 53.6 Å². The molecule has 2 fully saturated rings. The van der Waals surface area contributed by atoms with Gasteiger partial charge in [-0.05, 0) is 54.8 Å². The molecular formula is C42H47N5O9S2. The van der Waals surface area contributed by atoms with Crippen LogP contribution in [0.2, 0.25) is 0 Å². The summed E-state index contributed by atoms with van der Waals surface area (Å²) in [7, 11) is 5.78. The van der Waals surface area contributed by atoms with Crippen molar-refractivity contribution < 1.29 is 43.2 Å². The summed E-state index contributed by atoms with van der Waals surface area (Å²) in [6.45, 7) is 18.5. The molecule has 4 atom stereocenters. The second-order valence-electron chi connectivity index (χ2n) is 13.9. The maximum Gasteiger partial charge on any atom is 0.416 e. The zero-order valence-corrected chi connectivity index (χ0v) is 34.4. The molecule has 58 heavy (non-hydrogen) atoms. The van der Waals surface area contributed by atoms with E-state index in [1.807, 2.05) is 6.92 Å². The first kappa shape index (κ1) is 42.2. The molecule has 0 radical (unpaired) electrons. The van der Waals surface area contributed by atoms with Gasteiger partial charge in [-0.25, -0.2) is 14.7 Å². The highest BCUT2D eigenvalue weighted by molar-refractivity contribution is 8.82. The van der Waals surface area contributed by atoms with E-state index in [1.165, 1.54) is 52.8 Å². The summed E-state index contributed by atoms with van der Waals surface area (Å²) in [6.07, 6.45) is 7.45. The number of amides is 3. The van der Waals surface area contributed by atoms with Gasteiger partial charge < -0.3 is 38.6 Å². The van der Waals surface area contributed by atoms with E-state index in [-0.39, 0.29) is 72.2 Å². The Balaban J connectivity index is 1.15. The van der Waals surface area contributed by atoms with Crippen molar-refractivity contribution in [3.63, 3.8) is 0 Å². The summed E-state index contributed by atoms with van der Waals surface area (Å²) >= 11 is 0. The van der Waals surface area contributed by atoms with E-state index in [0.717, 1.165) is 16.0 Å². The molecule has 2 aromatic rings. The van der Waals surface area contributed by atoms with Gasteiger partial charge in [-0.1, -0.05) is 54.3 Å². The van der Waals surface area contributed by atoms with Crippen molar-refractivity contribution >= 4 is 62.1 Å². The number of anilines is 1. The lowest BCUT2D eigenvalue weighted by atomic mass is 10.1. The number of carbonyl (C=O) groups is 3. The second-order valence-corrected chi connectivity index (χ2v) is 16.5. The van der Waals surface area contributed by atoms with Gasteiger partial charge in [-0.3, -0.25) is 14.6 Å². The normalized spacial score (nSPS) is 20.5. The van der Waals surface area contributed by atoms with Crippen molar-refractivity contribution in [2.24, 2.45) is 9.98 Å². The first-order valence-electron chi connectivity index (χ1n) is 18.6. The molecule has 0 aliphatic carbocycles. The summed E-state index contributed by atoms with van der Waals surface area (Å²) in [5, 5.41) is 12.2. The van der Waals surface area contributed by atoms with Crippen LogP contribution in [0.1, 0.15) is 46.9 Å². The number of hydrogen-bond acceptors (Lipinski definition) is 13. The third-order valence-electron chi connectivity index (χ3n) is 9.72. The lowest BCUT2D eigenvalue weighted by molar-refractivity contribution is 0.0491. The van der Waals surface area contributed by atoms with Gasteiger partial charge in [0.05, 0.1) is 62.0 Å². The first-order chi connectivity index (χ1) is 28.0. The van der Waals surface area contributed by atoms with Crippen LogP contribution in [0.15, 0.2) is 96.1 Å². The smallest absolute Gasteiger partial charge is 0.416 e. The summed E-state index contributed by atoms with van der Waals surface area (Å²) in [5.74, 6) is 0.791. The van der Waals surface area contributed by atoms with Crippen molar-refractivity contribution in [2.75, 3.05) is 52.0 Å². The summed E-state index contributed by atoms with van der Waals surface area (Å²) in [6, 6.07) is 5.48. The third kappa shape index (κ3) is 9.14. The molecule has 0 aromatic heterocycles. The van der Waals surface area contributed by atoms with Crippen LogP contribution in [0.25, 0.3) is 0 Å². The zero-order valence-electron chi connectivity index (χ0n) is 32.8. The number of fused-ring (bicyclic) bond motifs is 4. The molecule has 6 rings (SSSR count). The highest BCUT2D eigenvalue weighted by Gasteiger charge is 2.46. The Labute approximate surface area is 346 Å². The van der Waals surface area contributed by atoms with E-state index >= 15 is 0 Å². The Hall–Kier alpha value is -5.45. The number of rotatable bonds is 15. The number of aliphatic hydroxyl groups is 1. The Morgan fingerprint density at radius 2 is 1.62 bits per heavy atom. The predicted octanol–water partition coefficient (Wildman–Crippen LogP) is 7.14. The molecule has 4 aliphatic heterocycles. The molecule has 2 aromatic carbocycles. The number of ether oxygens (including phenoxy) is 5. The second kappa shape index (κ2) is 18.9. The SMILES string of the molecule is C=C/C=C\N=C(C=C)SSC(C)COC(=O)N1c2cc(OCCCOc3cc4c(cc3OC)C(=O)N3CC(=C)CC3C=N4)c(OC)cc2C(=O)N2CC(=C)C[C@H]2C1O. The summed E-state index contributed by atoms with van der Waals surface area (Å²) < 4.78 is 29.2. The molecule has 16 heteroatoms. The minimum Gasteiger partial charge on any atom is -0.493 e. The molecule has 1 N–H and O–H groups in total. The average molecular weight is 830 g/mol. The fourth-order valence-corrected chi connectivity index (χ4v) is 8.76. The maximum atomic E-state index is 14.0. The van der Waals surface area contributed by atoms with Gasteiger partial charge in [0.15, 0.2) is 29.2 Å². The van der Waals surface area contributed by atoms with Gasteiger partial charge in [-0.15, -0.1) is 0 Å². The van der Waals surface area contributed by atoms with Crippen LogP contribution in [0.4, 0.5) is 16.2 Å². The van der Waals surface area contributed by atoms with Gasteiger partial charge in [0.25, 0.3) is 11.8 Å². The van der Waals surface area contributed by atoms with Crippen LogP contribution in [0.5, 0.6) is 23.0 Å². The lowest BCUT2D eigenvalue weighted by Crippen LogP contribution is -2.51. The number of benzene rings is 2. The summed E-state index contributed by atoms with van der Waals surface area (Å²) in [5.41, 5.74) is 2.92. The van der Waals surface area contributed by atoms with E-state index < -0.39 is 18.4 Å². The average Bonchev–Trinajstić information content (AvgIpc) is 3.76. The van der Waals surface area contributed by atoms with E-state index in [4.69, 9.17) is 23.7 Å². The van der Waals surface area contributed by atoms with Crippen LogP contribution in [0, 0.1) is 0 Å². The minimum atomic E-state index is -1.44. The van der Waals surface area contributed by atoms with Crippen molar-refractivity contribution in [2.45, 2.75) is 49.7 Å². The molecule has 0 spiro atoms. The van der Waals surface area contributed by atoms with Gasteiger partial charge in [0, 0.05) is 49.3 Å². The molecule has 3 amide bonds. The van der Waals surface area contributed by atoms with E-state index in [1.54, 1.807) is 47.7 Å². The highest BCUT2D eigenvalue weighted by atomic mass is 33.1. The van der Waals surface area contributed by atoms with Crippen LogP contribution >= 0.6 is 21.6 Å². The third-order valence-corrected chi connectivity index (χ3v) is 12.5. The van der Waals surface area contributed by atoms with Crippen molar-refractivity contribution in [3.8, 4) is 23.0 Å². The molecule has 0 bridgehead atoms. The topological polar surface area (TPSA) is 152 Å². The molecule has 306 valence electrons. The number of carbonyl (C=O) groups excluding carboxylic acids is 3. The largest absolute Gasteiger partial charge is 0.493 e. The standard InChI is InChI=1S/C42H47N5O9S2/c1-8-10-12-43-38(9-2)58-57-27(5)24-56-42(51)47-32-20-37(35(53-7)18-30(32)40(49)46-23-26(4)16-33(46)41(47)50)55-14-11-13-54-36-19-31-29(17-34(36)52-6)39(48)45-22-25(3)15-28(45)21-44-31/h8-10,12,17-21,27-28,33,41,50H,1-4,11,13-16,22-24H2,5-7H3/b12-10-,43-38?/t27?,28?,33-,41?/m0/s1. The zero-order chi connectivity index (χ0) is 41.5. The van der Waals surface area contributed by atoms with Crippen LogP contribution in [-0.2, 0) is 4.74 Å². The molecular weight excluding hydrogens is 783 g/mol. The predicted molar refractivity (Wildman–Crippen MR) is 228 cm³/mol. The van der Waals surface area contributed by atoms with Crippen LogP contribution in [-0.4, -0.2) is 115 Å². The van der Waals surface area contributed by atoms with Crippen LogP contribution < -0.4 is 23.8 Å². The number of aliphatic hydroxyl groups excluding tert-OH is 1. The van der Waals surface area contributed by atoms with Crippen molar-refractivity contribution in [1.82, 2.24) is 9.80 Å². The molecule has 14 nitrogen and oxygen atoms in total. The first-order valence-corrected chi connectivity index (χ1v) is 20.8. The monoisotopic (exact) mass is 829 g/mol. The quantitative estimate of drug-likeness (QED) is 0.0487. The molecule has 3 unspecified atom stereocenters. The van der Waals surface area contributed by atoms with Crippen molar-refractivity contribution in [3.05, 3.63) is 97.3 Å². The number of nitrogens with zero attached hydrogens (tertiary/aromatic N) is 5. The Morgan fingerprint density at radius 1 is 0.966 bits per heavy atom. The fourth-order valence-electron chi connectivity index (χ4n) is 6.92. The number of methoxy groups -OCH3 is 2. The molecule has 0 saturated carbocycles. The number of hydrogen-bond donors (Lipinski definition) is 1. The van der Waals surface area contributed by atoms with Gasteiger partial charge >= 0.3 is 6.09 Å². The maximum absolute atomic E-state index is 14.0. The Kier molecular flexibility index (Phi) is 13.7. The van der Waals surface area contributed by atoms with Gasteiger partial charge in [-0.2, -0.15) is 0 Å². The fraction of sp³-hybridized carbons (Fsp3) is 0.357. The lowest BCUT2D eigenvalue weighted by Gasteiger charge is -2.31. The van der Waals surface area contributed by atoms with Crippen molar-refractivity contribution in [1.29, 1.82) is 0 Å². The molecule has 4 heterocycles. The number of allylic oxidation sites excluding steroid dienone is 2. The van der Waals surface area contributed by atoms with Gasteiger partial charge in [0.1, 0.15) is 11.7 Å². The Morgan fingerprint density at radius 3 is 2.31 bits per heavy atom. The summed E-state index contributed by atoms with van der Waals surface area (Å²) in [4.78, 5) is 54.5. The van der Waals surface area contributed by atoms with Crippen LogP contribution in [0.3, 0.4) is 0 Å². The Bertz CT molecular complexity index is 2080.